The molecule has 2 saturated carbocycles. The number of hydrogen-bond donors (Lipinski definition) is 1. The molecule has 1 aromatic rings. The van der Waals surface area contributed by atoms with Gasteiger partial charge in [0.05, 0.1) is 6.54 Å². The van der Waals surface area contributed by atoms with E-state index < -0.39 is 0 Å². The maximum Gasteiger partial charge on any atom is 0.223 e. The zero-order valence-electron chi connectivity index (χ0n) is 15.1. The lowest BCUT2D eigenvalue weighted by Gasteiger charge is -2.18. The SMILES string of the molecule is CN(Cc1cc(C2CC2)on1)C(=O)CCC(=O)NC1CCCCCC1. The van der Waals surface area contributed by atoms with E-state index in [2.05, 4.69) is 10.5 Å². The van der Waals surface area contributed by atoms with E-state index >= 15 is 0 Å². The normalized spacial score (nSPS) is 18.6. The van der Waals surface area contributed by atoms with Crippen molar-refractivity contribution in [3.63, 3.8) is 0 Å². The third-order valence-electron chi connectivity index (χ3n) is 5.17. The third-order valence-corrected chi connectivity index (χ3v) is 5.17. The first-order valence-corrected chi connectivity index (χ1v) is 9.60. The molecule has 2 aliphatic carbocycles. The Balaban J connectivity index is 1.37. The van der Waals surface area contributed by atoms with Crippen molar-refractivity contribution in [3.8, 4) is 0 Å². The maximum atomic E-state index is 12.2. The molecular formula is C19H29N3O3. The van der Waals surface area contributed by atoms with Gasteiger partial charge in [0.25, 0.3) is 0 Å². The van der Waals surface area contributed by atoms with Gasteiger partial charge >= 0.3 is 0 Å². The van der Waals surface area contributed by atoms with Crippen molar-refractivity contribution in [2.45, 2.75) is 82.7 Å². The predicted octanol–water partition coefficient (Wildman–Crippen LogP) is 3.13. The summed E-state index contributed by atoms with van der Waals surface area (Å²) < 4.78 is 5.31. The highest BCUT2D eigenvalue weighted by Crippen LogP contribution is 2.40. The summed E-state index contributed by atoms with van der Waals surface area (Å²) >= 11 is 0. The van der Waals surface area contributed by atoms with Gasteiger partial charge in [-0.3, -0.25) is 9.59 Å². The van der Waals surface area contributed by atoms with Gasteiger partial charge in [0.2, 0.25) is 11.8 Å². The third kappa shape index (κ3) is 5.58. The molecule has 0 saturated heterocycles. The molecule has 25 heavy (non-hydrogen) atoms. The fraction of sp³-hybridized carbons (Fsp3) is 0.737. The summed E-state index contributed by atoms with van der Waals surface area (Å²) in [5.74, 6) is 1.41. The van der Waals surface area contributed by atoms with E-state index in [4.69, 9.17) is 4.52 Å². The Bertz CT molecular complexity index is 586. The quantitative estimate of drug-likeness (QED) is 0.769. The van der Waals surface area contributed by atoms with Crippen molar-refractivity contribution >= 4 is 11.8 Å². The number of carbonyl (C=O) groups is 2. The van der Waals surface area contributed by atoms with Crippen LogP contribution in [0.4, 0.5) is 0 Å². The van der Waals surface area contributed by atoms with Gasteiger partial charge in [-0.15, -0.1) is 0 Å². The van der Waals surface area contributed by atoms with Crippen LogP contribution in [0.5, 0.6) is 0 Å². The van der Waals surface area contributed by atoms with Crippen LogP contribution in [0, 0.1) is 0 Å². The van der Waals surface area contributed by atoms with Crippen LogP contribution in [0.2, 0.25) is 0 Å². The highest BCUT2D eigenvalue weighted by molar-refractivity contribution is 5.83. The molecule has 0 atom stereocenters. The molecule has 0 spiro atoms. The first kappa shape index (κ1) is 18.0. The van der Waals surface area contributed by atoms with E-state index in [0.29, 0.717) is 18.5 Å². The van der Waals surface area contributed by atoms with Gasteiger partial charge in [0.15, 0.2) is 0 Å². The number of carbonyl (C=O) groups excluding carboxylic acids is 2. The van der Waals surface area contributed by atoms with Gasteiger partial charge in [-0.25, -0.2) is 0 Å². The first-order valence-electron chi connectivity index (χ1n) is 9.60. The van der Waals surface area contributed by atoms with Crippen LogP contribution in [0.15, 0.2) is 10.6 Å². The molecule has 0 bridgehead atoms. The van der Waals surface area contributed by atoms with Crippen LogP contribution in [0.25, 0.3) is 0 Å². The van der Waals surface area contributed by atoms with Crippen molar-refractivity contribution < 1.29 is 14.1 Å². The van der Waals surface area contributed by atoms with E-state index in [1.165, 1.54) is 38.5 Å². The molecule has 0 aliphatic heterocycles. The Kier molecular flexibility index (Phi) is 6.10. The van der Waals surface area contributed by atoms with Crippen LogP contribution in [-0.4, -0.2) is 35.0 Å². The highest BCUT2D eigenvalue weighted by Gasteiger charge is 2.28. The number of nitrogens with zero attached hydrogens (tertiary/aromatic N) is 2. The lowest BCUT2D eigenvalue weighted by molar-refractivity contribution is -0.133. The van der Waals surface area contributed by atoms with Gasteiger partial charge in [-0.1, -0.05) is 30.8 Å². The summed E-state index contributed by atoms with van der Waals surface area (Å²) in [5.41, 5.74) is 0.778. The number of nitrogens with one attached hydrogen (secondary N) is 1. The average Bonchev–Trinajstić information content (AvgIpc) is 3.39. The number of aromatic nitrogens is 1. The minimum atomic E-state index is -0.0352. The molecule has 1 N–H and O–H groups in total. The summed E-state index contributed by atoms with van der Waals surface area (Å²) in [4.78, 5) is 25.9. The second-order valence-electron chi connectivity index (χ2n) is 7.50. The Labute approximate surface area is 149 Å². The lowest BCUT2D eigenvalue weighted by Crippen LogP contribution is -2.35. The Morgan fingerprint density at radius 3 is 2.56 bits per heavy atom. The van der Waals surface area contributed by atoms with E-state index in [9.17, 15) is 9.59 Å². The van der Waals surface area contributed by atoms with Crippen LogP contribution in [0.1, 0.15) is 81.6 Å². The molecule has 0 radical (unpaired) electrons. The summed E-state index contributed by atoms with van der Waals surface area (Å²) in [5, 5.41) is 7.12. The van der Waals surface area contributed by atoms with Crippen molar-refractivity contribution in [3.05, 3.63) is 17.5 Å². The van der Waals surface area contributed by atoms with Crippen molar-refractivity contribution in [2.75, 3.05) is 7.05 Å². The minimum Gasteiger partial charge on any atom is -0.361 e. The molecule has 6 heteroatoms. The second kappa shape index (κ2) is 8.50. The summed E-state index contributed by atoms with van der Waals surface area (Å²) in [6, 6.07) is 2.24. The topological polar surface area (TPSA) is 75.4 Å². The number of hydrogen-bond acceptors (Lipinski definition) is 4. The molecule has 2 aliphatic rings. The molecule has 2 fully saturated rings. The molecule has 1 heterocycles. The van der Waals surface area contributed by atoms with Gasteiger partial charge in [-0.05, 0) is 25.7 Å². The van der Waals surface area contributed by atoms with Gasteiger partial charge < -0.3 is 14.7 Å². The lowest BCUT2D eigenvalue weighted by atomic mass is 10.1. The largest absolute Gasteiger partial charge is 0.361 e. The predicted molar refractivity (Wildman–Crippen MR) is 93.8 cm³/mol. The fourth-order valence-electron chi connectivity index (χ4n) is 3.43. The van der Waals surface area contributed by atoms with Gasteiger partial charge in [0.1, 0.15) is 11.5 Å². The average molecular weight is 347 g/mol. The minimum absolute atomic E-state index is 0.00824. The standard InChI is InChI=1S/C19H29N3O3/c1-22(13-16-12-17(25-21-16)14-8-9-14)19(24)11-10-18(23)20-15-6-4-2-3-5-7-15/h12,14-15H,2-11,13H2,1H3,(H,20,23). The van der Waals surface area contributed by atoms with Crippen LogP contribution in [-0.2, 0) is 16.1 Å². The smallest absolute Gasteiger partial charge is 0.223 e. The van der Waals surface area contributed by atoms with Crippen LogP contribution < -0.4 is 5.32 Å². The summed E-state index contributed by atoms with van der Waals surface area (Å²) in [6.45, 7) is 0.430. The maximum absolute atomic E-state index is 12.2. The van der Waals surface area contributed by atoms with Crippen molar-refractivity contribution in [1.29, 1.82) is 0 Å². The summed E-state index contributed by atoms with van der Waals surface area (Å²) in [6.07, 6.45) is 9.86. The van der Waals surface area contributed by atoms with E-state index in [-0.39, 0.29) is 24.7 Å². The molecule has 0 aromatic carbocycles. The molecule has 6 nitrogen and oxygen atoms in total. The van der Waals surface area contributed by atoms with E-state index in [0.717, 1.165) is 24.3 Å². The molecular weight excluding hydrogens is 318 g/mol. The van der Waals surface area contributed by atoms with Gasteiger partial charge in [-0.2, -0.15) is 0 Å². The Hall–Kier alpha value is -1.85. The zero-order valence-corrected chi connectivity index (χ0v) is 15.1. The van der Waals surface area contributed by atoms with E-state index in [1.807, 2.05) is 6.07 Å². The monoisotopic (exact) mass is 347 g/mol. The van der Waals surface area contributed by atoms with Crippen molar-refractivity contribution in [1.82, 2.24) is 15.4 Å². The molecule has 3 rings (SSSR count). The molecule has 2 amide bonds. The van der Waals surface area contributed by atoms with E-state index in [1.54, 1.807) is 11.9 Å². The van der Waals surface area contributed by atoms with Crippen molar-refractivity contribution in [2.24, 2.45) is 0 Å². The molecule has 138 valence electrons. The Morgan fingerprint density at radius 1 is 1.16 bits per heavy atom. The van der Waals surface area contributed by atoms with Crippen LogP contribution in [0.3, 0.4) is 0 Å². The second-order valence-corrected chi connectivity index (χ2v) is 7.50. The highest BCUT2D eigenvalue weighted by atomic mass is 16.5. The number of amides is 2. The summed E-state index contributed by atoms with van der Waals surface area (Å²) in [7, 11) is 1.75. The Morgan fingerprint density at radius 2 is 1.88 bits per heavy atom. The van der Waals surface area contributed by atoms with Crippen LogP contribution >= 0.6 is 0 Å². The number of rotatable bonds is 7. The first-order chi connectivity index (χ1) is 12.1. The zero-order chi connectivity index (χ0) is 17.6. The van der Waals surface area contributed by atoms with Gasteiger partial charge in [0, 0.05) is 37.9 Å². The molecule has 1 aromatic heterocycles. The molecule has 0 unspecified atom stereocenters. The fourth-order valence-corrected chi connectivity index (χ4v) is 3.43.